The van der Waals surface area contributed by atoms with Crippen molar-refractivity contribution in [1.29, 1.82) is 0 Å². The zero-order valence-electron chi connectivity index (χ0n) is 15.3. The molecule has 0 bridgehead atoms. The monoisotopic (exact) mass is 338 g/mol. The van der Waals surface area contributed by atoms with Gasteiger partial charge < -0.3 is 10.6 Å². The summed E-state index contributed by atoms with van der Waals surface area (Å²) in [4.78, 5) is 24.0. The Morgan fingerprint density at radius 3 is 2.32 bits per heavy atom. The van der Waals surface area contributed by atoms with Crippen LogP contribution in [-0.4, -0.2) is 11.8 Å². The van der Waals surface area contributed by atoms with Crippen LogP contribution in [0.25, 0.3) is 0 Å². The van der Waals surface area contributed by atoms with E-state index in [-0.39, 0.29) is 30.3 Å². The molecule has 25 heavy (non-hydrogen) atoms. The molecule has 4 heteroatoms. The standard InChI is InChI=1S/C21H26N2O2/c1-14-10-11-15(2)19(12-14)16(3)22-21(25)13-20(23-17(4)24)18-8-6-5-7-9-18/h5-12,16,20H,13H2,1-4H3,(H,22,25)(H,23,24). The first-order valence-corrected chi connectivity index (χ1v) is 8.55. The molecule has 0 heterocycles. The van der Waals surface area contributed by atoms with Gasteiger partial charge in [0.15, 0.2) is 0 Å². The Balaban J connectivity index is 2.08. The molecule has 0 saturated heterocycles. The van der Waals surface area contributed by atoms with Crippen LogP contribution in [-0.2, 0) is 9.59 Å². The maximum absolute atomic E-state index is 12.5. The molecule has 0 aromatic heterocycles. The summed E-state index contributed by atoms with van der Waals surface area (Å²) in [6.07, 6.45) is 0.207. The number of aryl methyl sites for hydroxylation is 2. The van der Waals surface area contributed by atoms with Crippen LogP contribution in [0.3, 0.4) is 0 Å². The molecular weight excluding hydrogens is 312 g/mol. The number of rotatable bonds is 6. The molecule has 0 fully saturated rings. The third kappa shape index (κ3) is 5.45. The van der Waals surface area contributed by atoms with E-state index in [9.17, 15) is 9.59 Å². The van der Waals surface area contributed by atoms with Crippen LogP contribution in [0.1, 0.15) is 54.6 Å². The number of carbonyl (C=O) groups is 2. The summed E-state index contributed by atoms with van der Waals surface area (Å²) in [6.45, 7) is 7.53. The van der Waals surface area contributed by atoms with Crippen LogP contribution in [0.5, 0.6) is 0 Å². The summed E-state index contributed by atoms with van der Waals surface area (Å²) in [5, 5.41) is 5.91. The molecule has 0 saturated carbocycles. The van der Waals surface area contributed by atoms with Crippen LogP contribution >= 0.6 is 0 Å². The van der Waals surface area contributed by atoms with Crippen LogP contribution in [0.2, 0.25) is 0 Å². The fourth-order valence-corrected chi connectivity index (χ4v) is 2.97. The topological polar surface area (TPSA) is 58.2 Å². The van der Waals surface area contributed by atoms with Gasteiger partial charge in [0.25, 0.3) is 0 Å². The highest BCUT2D eigenvalue weighted by atomic mass is 16.2. The van der Waals surface area contributed by atoms with E-state index in [1.807, 2.05) is 51.1 Å². The number of hydrogen-bond acceptors (Lipinski definition) is 2. The molecule has 0 spiro atoms. The van der Waals surface area contributed by atoms with Crippen molar-refractivity contribution in [3.63, 3.8) is 0 Å². The van der Waals surface area contributed by atoms with Crippen LogP contribution in [0, 0.1) is 13.8 Å². The van der Waals surface area contributed by atoms with E-state index >= 15 is 0 Å². The number of carbonyl (C=O) groups excluding carboxylic acids is 2. The second-order valence-electron chi connectivity index (χ2n) is 6.52. The summed E-state index contributed by atoms with van der Waals surface area (Å²) in [5.41, 5.74) is 4.36. The van der Waals surface area contributed by atoms with E-state index in [2.05, 4.69) is 28.8 Å². The Morgan fingerprint density at radius 2 is 1.68 bits per heavy atom. The Kier molecular flexibility index (Phi) is 6.34. The number of benzene rings is 2. The number of nitrogens with one attached hydrogen (secondary N) is 2. The first-order chi connectivity index (χ1) is 11.9. The minimum Gasteiger partial charge on any atom is -0.349 e. The molecule has 2 N–H and O–H groups in total. The summed E-state index contributed by atoms with van der Waals surface area (Å²) < 4.78 is 0. The molecule has 132 valence electrons. The van der Waals surface area contributed by atoms with Crippen molar-refractivity contribution in [3.05, 3.63) is 70.8 Å². The van der Waals surface area contributed by atoms with Crippen molar-refractivity contribution in [2.24, 2.45) is 0 Å². The van der Waals surface area contributed by atoms with Crippen molar-refractivity contribution >= 4 is 11.8 Å². The molecule has 2 amide bonds. The summed E-state index contributed by atoms with van der Waals surface area (Å²) >= 11 is 0. The van der Waals surface area contributed by atoms with Gasteiger partial charge in [0.05, 0.1) is 18.5 Å². The Morgan fingerprint density at radius 1 is 1.00 bits per heavy atom. The van der Waals surface area contributed by atoms with Gasteiger partial charge in [-0.3, -0.25) is 9.59 Å². The molecule has 2 unspecified atom stereocenters. The molecule has 4 nitrogen and oxygen atoms in total. The van der Waals surface area contributed by atoms with Gasteiger partial charge in [0, 0.05) is 6.92 Å². The van der Waals surface area contributed by atoms with Crippen LogP contribution in [0.15, 0.2) is 48.5 Å². The second-order valence-corrected chi connectivity index (χ2v) is 6.52. The Labute approximate surface area is 149 Å². The Bertz CT molecular complexity index is 741. The lowest BCUT2D eigenvalue weighted by Crippen LogP contribution is -2.33. The SMILES string of the molecule is CC(=O)NC(CC(=O)NC(C)c1cc(C)ccc1C)c1ccccc1. The van der Waals surface area contributed by atoms with Crippen molar-refractivity contribution in [1.82, 2.24) is 10.6 Å². The summed E-state index contributed by atoms with van der Waals surface area (Å²) in [7, 11) is 0. The molecule has 2 aromatic carbocycles. The quantitative estimate of drug-likeness (QED) is 0.843. The van der Waals surface area contributed by atoms with Gasteiger partial charge in [-0.1, -0.05) is 54.1 Å². The fourth-order valence-electron chi connectivity index (χ4n) is 2.97. The predicted octanol–water partition coefficient (Wildman–Crippen LogP) is 3.75. The lowest BCUT2D eigenvalue weighted by atomic mass is 9.99. The third-order valence-corrected chi connectivity index (χ3v) is 4.25. The zero-order chi connectivity index (χ0) is 18.4. The van der Waals surface area contributed by atoms with E-state index in [0.29, 0.717) is 0 Å². The van der Waals surface area contributed by atoms with Gasteiger partial charge in [0.2, 0.25) is 11.8 Å². The fraction of sp³-hybridized carbons (Fsp3) is 0.333. The lowest BCUT2D eigenvalue weighted by molar-refractivity contribution is -0.123. The lowest BCUT2D eigenvalue weighted by Gasteiger charge is -2.21. The van der Waals surface area contributed by atoms with Crippen molar-refractivity contribution in [3.8, 4) is 0 Å². The molecule has 2 atom stereocenters. The van der Waals surface area contributed by atoms with Gasteiger partial charge in [-0.25, -0.2) is 0 Å². The van der Waals surface area contributed by atoms with E-state index in [1.165, 1.54) is 12.5 Å². The van der Waals surface area contributed by atoms with Gasteiger partial charge in [0.1, 0.15) is 0 Å². The Hall–Kier alpha value is -2.62. The van der Waals surface area contributed by atoms with Gasteiger partial charge in [-0.05, 0) is 37.5 Å². The smallest absolute Gasteiger partial charge is 0.222 e. The maximum Gasteiger partial charge on any atom is 0.222 e. The molecule has 0 radical (unpaired) electrons. The molecule has 2 aromatic rings. The van der Waals surface area contributed by atoms with Gasteiger partial charge in [-0.15, -0.1) is 0 Å². The second kappa shape index (κ2) is 8.47. The minimum absolute atomic E-state index is 0.0823. The highest BCUT2D eigenvalue weighted by Gasteiger charge is 2.19. The van der Waals surface area contributed by atoms with E-state index < -0.39 is 0 Å². The van der Waals surface area contributed by atoms with Gasteiger partial charge in [-0.2, -0.15) is 0 Å². The molecular formula is C21H26N2O2. The first-order valence-electron chi connectivity index (χ1n) is 8.55. The highest BCUT2D eigenvalue weighted by Crippen LogP contribution is 2.21. The number of hydrogen-bond donors (Lipinski definition) is 2. The average Bonchev–Trinajstić information content (AvgIpc) is 2.56. The van der Waals surface area contributed by atoms with Crippen LogP contribution < -0.4 is 10.6 Å². The molecule has 0 aliphatic heterocycles. The highest BCUT2D eigenvalue weighted by molar-refractivity contribution is 5.79. The van der Waals surface area contributed by atoms with E-state index in [4.69, 9.17) is 0 Å². The van der Waals surface area contributed by atoms with Crippen molar-refractivity contribution in [2.75, 3.05) is 0 Å². The average molecular weight is 338 g/mol. The summed E-state index contributed by atoms with van der Waals surface area (Å²) in [6, 6.07) is 15.4. The summed E-state index contributed by atoms with van der Waals surface area (Å²) in [5.74, 6) is -0.236. The molecule has 2 rings (SSSR count). The first kappa shape index (κ1) is 18.7. The van der Waals surface area contributed by atoms with E-state index in [0.717, 1.165) is 16.7 Å². The number of amides is 2. The van der Waals surface area contributed by atoms with Crippen molar-refractivity contribution in [2.45, 2.75) is 46.2 Å². The minimum atomic E-state index is -0.329. The largest absolute Gasteiger partial charge is 0.349 e. The maximum atomic E-state index is 12.5. The van der Waals surface area contributed by atoms with Gasteiger partial charge >= 0.3 is 0 Å². The van der Waals surface area contributed by atoms with Crippen molar-refractivity contribution < 1.29 is 9.59 Å². The normalized spacial score (nSPS) is 13.0. The van der Waals surface area contributed by atoms with Crippen LogP contribution in [0.4, 0.5) is 0 Å². The van der Waals surface area contributed by atoms with E-state index in [1.54, 1.807) is 0 Å². The molecule has 0 aliphatic rings. The third-order valence-electron chi connectivity index (χ3n) is 4.25. The molecule has 0 aliphatic carbocycles. The zero-order valence-corrected chi connectivity index (χ0v) is 15.3. The predicted molar refractivity (Wildman–Crippen MR) is 100 cm³/mol.